The summed E-state index contributed by atoms with van der Waals surface area (Å²) < 4.78 is 5.21. The molecule has 0 unspecified atom stereocenters. The highest BCUT2D eigenvalue weighted by Crippen LogP contribution is 2.23. The summed E-state index contributed by atoms with van der Waals surface area (Å²) in [4.78, 5) is 28.4. The van der Waals surface area contributed by atoms with Gasteiger partial charge in [0.25, 0.3) is 0 Å². The Morgan fingerprint density at radius 2 is 2.16 bits per heavy atom. The van der Waals surface area contributed by atoms with Crippen LogP contribution in [0.25, 0.3) is 0 Å². The number of hydrogen-bond donors (Lipinski definition) is 1. The highest BCUT2D eigenvalue weighted by molar-refractivity contribution is 5.89. The summed E-state index contributed by atoms with van der Waals surface area (Å²) >= 11 is 0. The lowest BCUT2D eigenvalue weighted by molar-refractivity contribution is -0.127. The van der Waals surface area contributed by atoms with Gasteiger partial charge in [0.2, 0.25) is 5.91 Å². The van der Waals surface area contributed by atoms with Crippen molar-refractivity contribution in [3.63, 3.8) is 0 Å². The molecule has 6 heteroatoms. The van der Waals surface area contributed by atoms with Gasteiger partial charge in [0, 0.05) is 43.9 Å². The molecule has 2 fully saturated rings. The van der Waals surface area contributed by atoms with Crippen LogP contribution in [0.3, 0.4) is 0 Å². The van der Waals surface area contributed by atoms with Crippen molar-refractivity contribution in [2.75, 3.05) is 32.1 Å². The van der Waals surface area contributed by atoms with Crippen LogP contribution in [0.4, 0.5) is 10.5 Å². The van der Waals surface area contributed by atoms with Crippen LogP contribution < -0.4 is 10.1 Å². The molecule has 1 aromatic carbocycles. The number of carbonyl (C=O) groups excluding carboxylic acids is 2. The van der Waals surface area contributed by atoms with E-state index in [1.807, 2.05) is 34.1 Å². The number of urea groups is 1. The van der Waals surface area contributed by atoms with E-state index in [0.717, 1.165) is 63.2 Å². The molecular formula is C19H27N3O3. The van der Waals surface area contributed by atoms with Crippen molar-refractivity contribution in [2.24, 2.45) is 0 Å². The van der Waals surface area contributed by atoms with Gasteiger partial charge in [-0.3, -0.25) is 4.79 Å². The lowest BCUT2D eigenvalue weighted by Gasteiger charge is -2.36. The molecule has 0 aliphatic carbocycles. The lowest BCUT2D eigenvalue weighted by atomic mass is 9.99. The average molecular weight is 345 g/mol. The Labute approximate surface area is 149 Å². The monoisotopic (exact) mass is 345 g/mol. The predicted octanol–water partition coefficient (Wildman–Crippen LogP) is 3.09. The summed E-state index contributed by atoms with van der Waals surface area (Å²) in [5.74, 6) is 0.976. The van der Waals surface area contributed by atoms with Crippen LogP contribution in [0, 0.1) is 0 Å². The number of amides is 3. The molecule has 2 aliphatic rings. The molecular weight excluding hydrogens is 318 g/mol. The number of rotatable bonds is 5. The average Bonchev–Trinajstić information content (AvgIpc) is 3.05. The third-order valence-corrected chi connectivity index (χ3v) is 5.11. The predicted molar refractivity (Wildman–Crippen MR) is 96.8 cm³/mol. The van der Waals surface area contributed by atoms with E-state index in [9.17, 15) is 9.59 Å². The van der Waals surface area contributed by atoms with E-state index in [-0.39, 0.29) is 18.0 Å². The van der Waals surface area contributed by atoms with E-state index in [0.29, 0.717) is 6.42 Å². The summed E-state index contributed by atoms with van der Waals surface area (Å²) in [6, 6.07) is 7.54. The van der Waals surface area contributed by atoms with E-state index in [1.165, 1.54) is 0 Å². The number of carbonyl (C=O) groups is 2. The maximum atomic E-state index is 12.7. The second-order valence-electron chi connectivity index (χ2n) is 6.78. The third-order valence-electron chi connectivity index (χ3n) is 5.11. The number of anilines is 1. The molecule has 1 N–H and O–H groups in total. The Bertz CT molecular complexity index is 620. The van der Waals surface area contributed by atoms with Gasteiger partial charge in [0.1, 0.15) is 5.75 Å². The molecule has 2 saturated heterocycles. The van der Waals surface area contributed by atoms with Crippen molar-refractivity contribution in [2.45, 2.75) is 44.6 Å². The second-order valence-corrected chi connectivity index (χ2v) is 6.78. The van der Waals surface area contributed by atoms with Gasteiger partial charge < -0.3 is 19.9 Å². The number of nitrogens with one attached hydrogen (secondary N) is 1. The minimum atomic E-state index is -0.0642. The summed E-state index contributed by atoms with van der Waals surface area (Å²) in [7, 11) is 1.61. The van der Waals surface area contributed by atoms with Gasteiger partial charge in [0.05, 0.1) is 7.11 Å². The Kier molecular flexibility index (Phi) is 5.79. The first kappa shape index (κ1) is 17.6. The Morgan fingerprint density at radius 3 is 2.92 bits per heavy atom. The molecule has 1 atom stereocenters. The molecule has 136 valence electrons. The van der Waals surface area contributed by atoms with Crippen LogP contribution in [-0.4, -0.2) is 54.5 Å². The number of hydrogen-bond acceptors (Lipinski definition) is 3. The number of benzene rings is 1. The van der Waals surface area contributed by atoms with Crippen molar-refractivity contribution in [1.82, 2.24) is 9.80 Å². The van der Waals surface area contributed by atoms with Gasteiger partial charge in [0.15, 0.2) is 0 Å². The largest absolute Gasteiger partial charge is 0.497 e. The first-order valence-electron chi connectivity index (χ1n) is 9.17. The number of piperidine rings is 1. The van der Waals surface area contributed by atoms with E-state index in [2.05, 4.69) is 5.32 Å². The fourth-order valence-electron chi connectivity index (χ4n) is 3.71. The molecule has 0 saturated carbocycles. The van der Waals surface area contributed by atoms with Crippen molar-refractivity contribution in [3.05, 3.63) is 24.3 Å². The van der Waals surface area contributed by atoms with Crippen molar-refractivity contribution < 1.29 is 14.3 Å². The van der Waals surface area contributed by atoms with Crippen LogP contribution in [0.2, 0.25) is 0 Å². The molecule has 2 heterocycles. The standard InChI is InChI=1S/C19H27N3O3/c1-25-17-8-4-6-15(14-17)20-19(24)22-12-3-2-7-16(22)10-13-21-11-5-9-18(21)23/h4,6,8,14,16H,2-3,5,7,9-13H2,1H3,(H,20,24)/t16-/m0/s1. The molecule has 3 rings (SSSR count). The van der Waals surface area contributed by atoms with Crippen LogP contribution in [0.15, 0.2) is 24.3 Å². The van der Waals surface area contributed by atoms with Crippen molar-refractivity contribution in [1.29, 1.82) is 0 Å². The van der Waals surface area contributed by atoms with Crippen LogP contribution in [0.1, 0.15) is 38.5 Å². The fraction of sp³-hybridized carbons (Fsp3) is 0.579. The third kappa shape index (κ3) is 4.44. The van der Waals surface area contributed by atoms with Crippen molar-refractivity contribution in [3.8, 4) is 5.75 Å². The molecule has 25 heavy (non-hydrogen) atoms. The maximum Gasteiger partial charge on any atom is 0.322 e. The second kappa shape index (κ2) is 8.23. The van der Waals surface area contributed by atoms with Gasteiger partial charge >= 0.3 is 6.03 Å². The fourth-order valence-corrected chi connectivity index (χ4v) is 3.71. The summed E-state index contributed by atoms with van der Waals surface area (Å²) in [6.45, 7) is 2.39. The maximum absolute atomic E-state index is 12.7. The summed E-state index contributed by atoms with van der Waals surface area (Å²) in [5.41, 5.74) is 0.739. The Balaban J connectivity index is 1.59. The number of methoxy groups -OCH3 is 1. The first-order chi connectivity index (χ1) is 12.2. The quantitative estimate of drug-likeness (QED) is 0.892. The van der Waals surface area contributed by atoms with Crippen molar-refractivity contribution >= 4 is 17.6 Å². The summed E-state index contributed by atoms with van der Waals surface area (Å²) in [6.07, 6.45) is 5.67. The Morgan fingerprint density at radius 1 is 1.28 bits per heavy atom. The molecule has 0 radical (unpaired) electrons. The molecule has 1 aromatic rings. The Hall–Kier alpha value is -2.24. The molecule has 6 nitrogen and oxygen atoms in total. The molecule has 0 aromatic heterocycles. The lowest BCUT2D eigenvalue weighted by Crippen LogP contribution is -2.47. The van der Waals surface area contributed by atoms with Gasteiger partial charge in [-0.05, 0) is 44.2 Å². The molecule has 0 spiro atoms. The smallest absolute Gasteiger partial charge is 0.322 e. The number of nitrogens with zero attached hydrogens (tertiary/aromatic N) is 2. The number of ether oxygens (including phenoxy) is 1. The van der Waals surface area contributed by atoms with E-state index in [1.54, 1.807) is 7.11 Å². The van der Waals surface area contributed by atoms with Gasteiger partial charge in [-0.2, -0.15) is 0 Å². The minimum Gasteiger partial charge on any atom is -0.497 e. The molecule has 3 amide bonds. The van der Waals surface area contributed by atoms with Gasteiger partial charge in [-0.15, -0.1) is 0 Å². The van der Waals surface area contributed by atoms with Crippen LogP contribution in [-0.2, 0) is 4.79 Å². The normalized spacial score (nSPS) is 20.7. The van der Waals surface area contributed by atoms with Crippen LogP contribution in [0.5, 0.6) is 5.75 Å². The highest BCUT2D eigenvalue weighted by Gasteiger charge is 2.28. The highest BCUT2D eigenvalue weighted by atomic mass is 16.5. The van der Waals surface area contributed by atoms with E-state index in [4.69, 9.17) is 4.74 Å². The van der Waals surface area contributed by atoms with E-state index < -0.39 is 0 Å². The number of likely N-dealkylation sites (tertiary alicyclic amines) is 2. The minimum absolute atomic E-state index is 0.0642. The van der Waals surface area contributed by atoms with Gasteiger partial charge in [-0.1, -0.05) is 6.07 Å². The summed E-state index contributed by atoms with van der Waals surface area (Å²) in [5, 5.41) is 2.98. The van der Waals surface area contributed by atoms with E-state index >= 15 is 0 Å². The topological polar surface area (TPSA) is 61.9 Å². The molecule has 0 bridgehead atoms. The molecule has 2 aliphatic heterocycles. The first-order valence-corrected chi connectivity index (χ1v) is 9.17. The zero-order valence-electron chi connectivity index (χ0n) is 14.9. The SMILES string of the molecule is COc1cccc(NC(=O)N2CCCC[C@H]2CCN2CCCC2=O)c1. The zero-order chi connectivity index (χ0) is 17.6. The van der Waals surface area contributed by atoms with Gasteiger partial charge in [-0.25, -0.2) is 4.79 Å². The van der Waals surface area contributed by atoms with Crippen LogP contribution >= 0.6 is 0 Å². The zero-order valence-corrected chi connectivity index (χ0v) is 14.9.